The predicted octanol–water partition coefficient (Wildman–Crippen LogP) is 1.95. The lowest BCUT2D eigenvalue weighted by molar-refractivity contribution is 0.0943. The second-order valence-corrected chi connectivity index (χ2v) is 4.45. The Balaban J connectivity index is 2.90. The van der Waals surface area contributed by atoms with Gasteiger partial charge in [0.05, 0.1) is 5.69 Å². The van der Waals surface area contributed by atoms with E-state index in [0.717, 1.165) is 5.56 Å². The van der Waals surface area contributed by atoms with Crippen molar-refractivity contribution in [2.45, 2.75) is 26.8 Å². The van der Waals surface area contributed by atoms with E-state index in [1.165, 1.54) is 0 Å². The van der Waals surface area contributed by atoms with Gasteiger partial charge in [0.2, 0.25) is 5.71 Å². The molecule has 2 N–H and O–H groups in total. The Bertz CT molecular complexity index is 603. The Morgan fingerprint density at radius 1 is 1.30 bits per heavy atom. The molecular formula is C14H15N5O. The summed E-state index contributed by atoms with van der Waals surface area (Å²) in [6.07, 6.45) is 0. The monoisotopic (exact) mass is 269 g/mol. The minimum absolute atomic E-state index is 0.0685. The fraction of sp³-hybridized carbons (Fsp3) is 0.286. The summed E-state index contributed by atoms with van der Waals surface area (Å²) in [5.74, 6) is -0.145. The van der Waals surface area contributed by atoms with Crippen LogP contribution in [0, 0.1) is 29.6 Å². The van der Waals surface area contributed by atoms with Crippen LogP contribution >= 0.6 is 0 Å². The number of aryl methyl sites for hydroxylation is 1. The molecule has 0 bridgehead atoms. The van der Waals surface area contributed by atoms with Gasteiger partial charge in [-0.2, -0.15) is 15.6 Å². The minimum atomic E-state index is -0.258. The van der Waals surface area contributed by atoms with Gasteiger partial charge in [-0.15, -0.1) is 0 Å². The van der Waals surface area contributed by atoms with Gasteiger partial charge in [0, 0.05) is 11.6 Å². The van der Waals surface area contributed by atoms with E-state index in [0.29, 0.717) is 11.3 Å². The number of hydrogen-bond acceptors (Lipinski definition) is 5. The molecule has 0 saturated heterocycles. The second-order valence-electron chi connectivity index (χ2n) is 4.45. The zero-order valence-electron chi connectivity index (χ0n) is 11.6. The summed E-state index contributed by atoms with van der Waals surface area (Å²) in [5, 5.41) is 23.6. The Morgan fingerprint density at radius 3 is 2.45 bits per heavy atom. The largest absolute Gasteiger partial charge is 0.350 e. The Hall–Kier alpha value is -2.86. The van der Waals surface area contributed by atoms with Gasteiger partial charge < -0.3 is 5.32 Å². The molecule has 0 radical (unpaired) electrons. The molecular weight excluding hydrogens is 254 g/mol. The molecule has 0 unspecified atom stereocenters. The van der Waals surface area contributed by atoms with Crippen LogP contribution in [0.1, 0.15) is 29.8 Å². The van der Waals surface area contributed by atoms with Crippen LogP contribution in [0.3, 0.4) is 0 Å². The maximum atomic E-state index is 11.8. The maximum absolute atomic E-state index is 11.8. The molecule has 0 aliphatic carbocycles. The highest BCUT2D eigenvalue weighted by atomic mass is 16.1. The van der Waals surface area contributed by atoms with Crippen LogP contribution in [0.4, 0.5) is 5.69 Å². The van der Waals surface area contributed by atoms with Crippen LogP contribution in [-0.4, -0.2) is 17.7 Å². The lowest BCUT2D eigenvalue weighted by Crippen LogP contribution is -2.30. The smallest absolute Gasteiger partial charge is 0.251 e. The van der Waals surface area contributed by atoms with Gasteiger partial charge in [0.1, 0.15) is 12.1 Å². The van der Waals surface area contributed by atoms with Crippen molar-refractivity contribution in [3.05, 3.63) is 29.3 Å². The molecule has 102 valence electrons. The summed E-state index contributed by atoms with van der Waals surface area (Å²) in [4.78, 5) is 11.8. The number of rotatable bonds is 4. The first-order chi connectivity index (χ1) is 9.47. The molecule has 0 heterocycles. The van der Waals surface area contributed by atoms with E-state index in [2.05, 4.69) is 15.8 Å². The zero-order valence-corrected chi connectivity index (χ0v) is 11.6. The molecule has 1 amide bonds. The van der Waals surface area contributed by atoms with E-state index < -0.39 is 0 Å². The fourth-order valence-corrected chi connectivity index (χ4v) is 1.47. The summed E-state index contributed by atoms with van der Waals surface area (Å²) in [7, 11) is 0. The highest BCUT2D eigenvalue weighted by molar-refractivity contribution is 6.10. The Morgan fingerprint density at radius 2 is 1.95 bits per heavy atom. The number of hydrogen-bond donors (Lipinski definition) is 2. The quantitative estimate of drug-likeness (QED) is 0.644. The van der Waals surface area contributed by atoms with Gasteiger partial charge in [0.25, 0.3) is 5.91 Å². The summed E-state index contributed by atoms with van der Waals surface area (Å²) in [6, 6.07) is 8.43. The average Bonchev–Trinajstić information content (AvgIpc) is 2.40. The summed E-state index contributed by atoms with van der Waals surface area (Å²) in [6.45, 7) is 5.59. The van der Waals surface area contributed by atoms with E-state index in [1.807, 2.05) is 20.8 Å². The maximum Gasteiger partial charge on any atom is 0.251 e. The SMILES string of the molecule is Cc1cc(C(=O)NC(C)C)ccc1NN=C(C#N)C#N. The normalized spacial score (nSPS) is 9.30. The highest BCUT2D eigenvalue weighted by Crippen LogP contribution is 2.16. The van der Waals surface area contributed by atoms with E-state index in [9.17, 15) is 4.79 Å². The van der Waals surface area contributed by atoms with Gasteiger partial charge in [-0.3, -0.25) is 10.2 Å². The number of nitriles is 2. The van der Waals surface area contributed by atoms with Gasteiger partial charge in [-0.25, -0.2) is 0 Å². The van der Waals surface area contributed by atoms with Crippen LogP contribution in [-0.2, 0) is 0 Å². The van der Waals surface area contributed by atoms with Crippen molar-refractivity contribution in [1.82, 2.24) is 5.32 Å². The minimum Gasteiger partial charge on any atom is -0.350 e. The van der Waals surface area contributed by atoms with E-state index >= 15 is 0 Å². The van der Waals surface area contributed by atoms with Crippen LogP contribution in [0.25, 0.3) is 0 Å². The van der Waals surface area contributed by atoms with E-state index in [1.54, 1.807) is 30.3 Å². The van der Waals surface area contributed by atoms with Crippen molar-refractivity contribution < 1.29 is 4.79 Å². The fourth-order valence-electron chi connectivity index (χ4n) is 1.47. The molecule has 0 aliphatic rings. The van der Waals surface area contributed by atoms with Crippen LogP contribution < -0.4 is 10.7 Å². The van der Waals surface area contributed by atoms with Crippen molar-refractivity contribution >= 4 is 17.3 Å². The van der Waals surface area contributed by atoms with Gasteiger partial charge in [0.15, 0.2) is 0 Å². The van der Waals surface area contributed by atoms with Crippen molar-refractivity contribution in [2.75, 3.05) is 5.43 Å². The summed E-state index contributed by atoms with van der Waals surface area (Å²) in [5.41, 5.74) is 4.35. The van der Waals surface area contributed by atoms with Crippen molar-refractivity contribution in [3.8, 4) is 12.1 Å². The van der Waals surface area contributed by atoms with Gasteiger partial charge in [-0.05, 0) is 44.5 Å². The third kappa shape index (κ3) is 4.11. The highest BCUT2D eigenvalue weighted by Gasteiger charge is 2.08. The lowest BCUT2D eigenvalue weighted by atomic mass is 10.1. The van der Waals surface area contributed by atoms with E-state index in [-0.39, 0.29) is 17.7 Å². The first kappa shape index (κ1) is 15.2. The zero-order chi connectivity index (χ0) is 15.1. The molecule has 1 rings (SSSR count). The summed E-state index contributed by atoms with van der Waals surface area (Å²) < 4.78 is 0. The number of nitrogens with zero attached hydrogens (tertiary/aromatic N) is 3. The van der Waals surface area contributed by atoms with Crippen molar-refractivity contribution in [3.63, 3.8) is 0 Å². The number of amides is 1. The number of anilines is 1. The Labute approximate surface area is 117 Å². The molecule has 0 atom stereocenters. The van der Waals surface area contributed by atoms with Crippen molar-refractivity contribution in [1.29, 1.82) is 10.5 Å². The van der Waals surface area contributed by atoms with Crippen LogP contribution in [0.5, 0.6) is 0 Å². The Kier molecular flexibility index (Phi) is 5.25. The standard InChI is InChI=1S/C14H15N5O/c1-9(2)17-14(20)11-4-5-13(10(3)6-11)19-18-12(7-15)8-16/h4-6,9,19H,1-3H3,(H,17,20). The molecule has 6 heteroatoms. The third-order valence-corrected chi connectivity index (χ3v) is 2.41. The molecule has 0 aliphatic heterocycles. The summed E-state index contributed by atoms with van der Waals surface area (Å²) >= 11 is 0. The van der Waals surface area contributed by atoms with Gasteiger partial charge in [-0.1, -0.05) is 0 Å². The van der Waals surface area contributed by atoms with Crippen LogP contribution in [0.2, 0.25) is 0 Å². The second kappa shape index (κ2) is 6.91. The number of hydrazone groups is 1. The number of carbonyl (C=O) groups excluding carboxylic acids is 1. The predicted molar refractivity (Wildman–Crippen MR) is 76.1 cm³/mol. The molecule has 0 aromatic heterocycles. The first-order valence-electron chi connectivity index (χ1n) is 6.03. The molecule has 0 saturated carbocycles. The number of benzene rings is 1. The number of nitrogens with one attached hydrogen (secondary N) is 2. The molecule has 1 aromatic carbocycles. The average molecular weight is 269 g/mol. The van der Waals surface area contributed by atoms with Gasteiger partial charge >= 0.3 is 0 Å². The molecule has 0 spiro atoms. The molecule has 6 nitrogen and oxygen atoms in total. The first-order valence-corrected chi connectivity index (χ1v) is 6.03. The van der Waals surface area contributed by atoms with E-state index in [4.69, 9.17) is 10.5 Å². The van der Waals surface area contributed by atoms with Crippen LogP contribution in [0.15, 0.2) is 23.3 Å². The molecule has 0 fully saturated rings. The topological polar surface area (TPSA) is 101 Å². The van der Waals surface area contributed by atoms with Crippen molar-refractivity contribution in [2.24, 2.45) is 5.10 Å². The molecule has 20 heavy (non-hydrogen) atoms. The lowest BCUT2D eigenvalue weighted by Gasteiger charge is -2.10. The third-order valence-electron chi connectivity index (χ3n) is 2.41. The number of carbonyl (C=O) groups is 1. The molecule has 1 aromatic rings.